The van der Waals surface area contributed by atoms with Crippen molar-refractivity contribution in [2.24, 2.45) is 7.05 Å². The van der Waals surface area contributed by atoms with E-state index in [0.29, 0.717) is 11.4 Å². The zero-order valence-corrected chi connectivity index (χ0v) is 10.6. The second kappa shape index (κ2) is 4.52. The predicted octanol–water partition coefficient (Wildman–Crippen LogP) is 1.99. The fraction of sp³-hybridized carbons (Fsp3) is 0.231. The van der Waals surface area contributed by atoms with Gasteiger partial charge in [-0.05, 0) is 37.1 Å². The average Bonchev–Trinajstić information content (AvgIpc) is 2.72. The van der Waals surface area contributed by atoms with E-state index in [0.717, 1.165) is 11.1 Å². The summed E-state index contributed by atoms with van der Waals surface area (Å²) in [6, 6.07) is 3.38. The van der Waals surface area contributed by atoms with Crippen molar-refractivity contribution in [1.82, 2.24) is 9.55 Å². The minimum absolute atomic E-state index is 0.219. The number of phenols is 1. The van der Waals surface area contributed by atoms with Gasteiger partial charge in [-0.25, -0.2) is 4.98 Å². The summed E-state index contributed by atoms with van der Waals surface area (Å²) in [4.78, 5) is 15.9. The van der Waals surface area contributed by atoms with Gasteiger partial charge in [0.25, 0.3) is 5.91 Å². The number of imidazole rings is 1. The molecule has 1 aromatic carbocycles. The van der Waals surface area contributed by atoms with E-state index in [9.17, 15) is 9.90 Å². The van der Waals surface area contributed by atoms with Crippen molar-refractivity contribution in [3.8, 4) is 5.75 Å². The Morgan fingerprint density at radius 3 is 2.67 bits per heavy atom. The molecule has 0 aliphatic carbocycles. The van der Waals surface area contributed by atoms with Gasteiger partial charge in [0.15, 0.2) is 0 Å². The third-order valence-corrected chi connectivity index (χ3v) is 2.84. The number of hydrogen-bond donors (Lipinski definition) is 2. The first kappa shape index (κ1) is 12.2. The predicted molar refractivity (Wildman–Crippen MR) is 68.7 cm³/mol. The van der Waals surface area contributed by atoms with Crippen LogP contribution in [0.4, 0.5) is 5.69 Å². The average molecular weight is 245 g/mol. The summed E-state index contributed by atoms with van der Waals surface area (Å²) in [6.45, 7) is 3.62. The van der Waals surface area contributed by atoms with E-state index in [1.165, 1.54) is 6.20 Å². The van der Waals surface area contributed by atoms with Crippen molar-refractivity contribution in [2.45, 2.75) is 13.8 Å². The number of aryl methyl sites for hydroxylation is 3. The highest BCUT2D eigenvalue weighted by atomic mass is 16.3. The second-order valence-corrected chi connectivity index (χ2v) is 4.30. The Morgan fingerprint density at radius 1 is 1.33 bits per heavy atom. The first-order valence-electron chi connectivity index (χ1n) is 5.57. The van der Waals surface area contributed by atoms with Crippen molar-refractivity contribution in [1.29, 1.82) is 0 Å². The number of hydrogen-bond acceptors (Lipinski definition) is 3. The molecule has 0 bridgehead atoms. The Hall–Kier alpha value is -2.30. The molecule has 0 atom stereocenters. The van der Waals surface area contributed by atoms with Gasteiger partial charge in [0.2, 0.25) is 0 Å². The van der Waals surface area contributed by atoms with Crippen molar-refractivity contribution < 1.29 is 9.90 Å². The molecule has 2 aromatic rings. The van der Waals surface area contributed by atoms with Crippen LogP contribution in [0, 0.1) is 13.8 Å². The maximum absolute atomic E-state index is 12.0. The molecule has 0 saturated heterocycles. The second-order valence-electron chi connectivity index (χ2n) is 4.30. The van der Waals surface area contributed by atoms with Crippen LogP contribution in [0.5, 0.6) is 5.75 Å². The monoisotopic (exact) mass is 245 g/mol. The van der Waals surface area contributed by atoms with Gasteiger partial charge in [0.05, 0.1) is 12.5 Å². The number of nitrogens with one attached hydrogen (secondary N) is 1. The molecule has 2 N–H and O–H groups in total. The number of carbonyl (C=O) groups is 1. The quantitative estimate of drug-likeness (QED) is 0.795. The summed E-state index contributed by atoms with van der Waals surface area (Å²) in [7, 11) is 1.76. The van der Waals surface area contributed by atoms with Gasteiger partial charge in [-0.15, -0.1) is 0 Å². The molecule has 0 spiro atoms. The van der Waals surface area contributed by atoms with Crippen LogP contribution in [0.2, 0.25) is 0 Å². The molecule has 1 aromatic heterocycles. The number of nitrogens with zero attached hydrogens (tertiary/aromatic N) is 2. The number of amides is 1. The van der Waals surface area contributed by atoms with Crippen LogP contribution in [-0.2, 0) is 7.05 Å². The van der Waals surface area contributed by atoms with Gasteiger partial charge in [-0.3, -0.25) is 4.79 Å². The van der Waals surface area contributed by atoms with E-state index >= 15 is 0 Å². The van der Waals surface area contributed by atoms with Gasteiger partial charge >= 0.3 is 0 Å². The molecule has 94 valence electrons. The lowest BCUT2D eigenvalue weighted by Gasteiger charge is -2.10. The molecule has 0 aliphatic rings. The van der Waals surface area contributed by atoms with E-state index in [2.05, 4.69) is 10.3 Å². The maximum atomic E-state index is 12.0. The Kier molecular flexibility index (Phi) is 3.06. The van der Waals surface area contributed by atoms with E-state index in [4.69, 9.17) is 0 Å². The van der Waals surface area contributed by atoms with Crippen LogP contribution in [-0.4, -0.2) is 20.6 Å². The summed E-state index contributed by atoms with van der Waals surface area (Å²) in [5.41, 5.74) is 2.71. The molecule has 5 heteroatoms. The standard InChI is InChI=1S/C13H15N3O2/c1-8-5-12(17)9(2)4-10(8)15-13(18)11-6-14-7-16(11)3/h4-7,17H,1-3H3,(H,15,18). The lowest BCUT2D eigenvalue weighted by atomic mass is 10.1. The summed E-state index contributed by atoms with van der Waals surface area (Å²) < 4.78 is 1.65. The molecule has 1 heterocycles. The molecule has 0 unspecified atom stereocenters. The Labute approximate surface area is 105 Å². The lowest BCUT2D eigenvalue weighted by molar-refractivity contribution is 0.101. The number of aromatic hydroxyl groups is 1. The number of carbonyl (C=O) groups excluding carboxylic acids is 1. The third-order valence-electron chi connectivity index (χ3n) is 2.84. The topological polar surface area (TPSA) is 67.2 Å². The first-order valence-corrected chi connectivity index (χ1v) is 5.57. The normalized spacial score (nSPS) is 10.4. The van der Waals surface area contributed by atoms with Crippen molar-refractivity contribution in [3.05, 3.63) is 41.5 Å². The number of phenolic OH excluding ortho intramolecular Hbond substituents is 1. The van der Waals surface area contributed by atoms with Crippen molar-refractivity contribution in [3.63, 3.8) is 0 Å². The molecular weight excluding hydrogens is 230 g/mol. The molecule has 5 nitrogen and oxygen atoms in total. The Morgan fingerprint density at radius 2 is 2.06 bits per heavy atom. The highest BCUT2D eigenvalue weighted by Crippen LogP contribution is 2.25. The first-order chi connectivity index (χ1) is 8.49. The molecule has 2 rings (SSSR count). The fourth-order valence-electron chi connectivity index (χ4n) is 1.70. The number of aromatic nitrogens is 2. The van der Waals surface area contributed by atoms with Crippen LogP contribution in [0.3, 0.4) is 0 Å². The molecule has 0 saturated carbocycles. The van der Waals surface area contributed by atoms with Crippen LogP contribution < -0.4 is 5.32 Å². The van der Waals surface area contributed by atoms with Gasteiger partial charge in [0.1, 0.15) is 11.4 Å². The zero-order valence-electron chi connectivity index (χ0n) is 10.6. The van der Waals surface area contributed by atoms with Gasteiger partial charge < -0.3 is 15.0 Å². The SMILES string of the molecule is Cc1cc(NC(=O)c2cncn2C)c(C)cc1O. The highest BCUT2D eigenvalue weighted by molar-refractivity contribution is 6.03. The largest absolute Gasteiger partial charge is 0.508 e. The lowest BCUT2D eigenvalue weighted by Crippen LogP contribution is -2.16. The van der Waals surface area contributed by atoms with Crippen LogP contribution in [0.25, 0.3) is 0 Å². The summed E-state index contributed by atoms with van der Waals surface area (Å²) in [5, 5.41) is 12.4. The van der Waals surface area contributed by atoms with Crippen LogP contribution in [0.15, 0.2) is 24.7 Å². The number of anilines is 1. The molecular formula is C13H15N3O2. The summed E-state index contributed by atoms with van der Waals surface area (Å²) >= 11 is 0. The molecule has 18 heavy (non-hydrogen) atoms. The molecule has 1 amide bonds. The van der Waals surface area contributed by atoms with E-state index in [1.807, 2.05) is 6.92 Å². The van der Waals surface area contributed by atoms with E-state index in [-0.39, 0.29) is 11.7 Å². The third kappa shape index (κ3) is 2.20. The Bertz CT molecular complexity index is 602. The van der Waals surface area contributed by atoms with Gasteiger partial charge in [0, 0.05) is 12.7 Å². The fourth-order valence-corrected chi connectivity index (χ4v) is 1.70. The minimum Gasteiger partial charge on any atom is -0.508 e. The Balaban J connectivity index is 2.28. The molecule has 0 fully saturated rings. The van der Waals surface area contributed by atoms with Gasteiger partial charge in [-0.2, -0.15) is 0 Å². The van der Waals surface area contributed by atoms with Crippen molar-refractivity contribution in [2.75, 3.05) is 5.32 Å². The maximum Gasteiger partial charge on any atom is 0.273 e. The van der Waals surface area contributed by atoms with Crippen LogP contribution >= 0.6 is 0 Å². The number of rotatable bonds is 2. The van der Waals surface area contributed by atoms with Crippen LogP contribution in [0.1, 0.15) is 21.6 Å². The van der Waals surface area contributed by atoms with E-state index < -0.39 is 0 Å². The highest BCUT2D eigenvalue weighted by Gasteiger charge is 2.12. The zero-order chi connectivity index (χ0) is 13.3. The molecule has 0 aliphatic heterocycles. The number of benzene rings is 1. The van der Waals surface area contributed by atoms with Gasteiger partial charge in [-0.1, -0.05) is 0 Å². The summed E-state index contributed by atoms with van der Waals surface area (Å²) in [6.07, 6.45) is 3.09. The smallest absolute Gasteiger partial charge is 0.273 e. The summed E-state index contributed by atoms with van der Waals surface area (Å²) in [5.74, 6) is 0.00854. The van der Waals surface area contributed by atoms with E-state index in [1.54, 1.807) is 37.0 Å². The minimum atomic E-state index is -0.219. The molecule has 0 radical (unpaired) electrons. The van der Waals surface area contributed by atoms with Crippen molar-refractivity contribution >= 4 is 11.6 Å².